The predicted octanol–water partition coefficient (Wildman–Crippen LogP) is 9.00. The second kappa shape index (κ2) is 16.0. The zero-order valence-electron chi connectivity index (χ0n) is 33.6. The van der Waals surface area contributed by atoms with Crippen molar-refractivity contribution < 1.29 is 28.5 Å². The van der Waals surface area contributed by atoms with Crippen LogP contribution in [-0.4, -0.2) is 96.2 Å². The minimum absolute atomic E-state index is 0.0286. The van der Waals surface area contributed by atoms with Crippen LogP contribution in [0.15, 0.2) is 22.9 Å². The molecule has 0 spiro atoms. The minimum Gasteiger partial charge on any atom is -0.444 e. The van der Waals surface area contributed by atoms with E-state index in [1.54, 1.807) is 16.9 Å². The molecule has 0 aromatic carbocycles. The van der Waals surface area contributed by atoms with Gasteiger partial charge in [-0.15, -0.1) is 0 Å². The fourth-order valence-corrected chi connectivity index (χ4v) is 9.38. The van der Waals surface area contributed by atoms with E-state index in [2.05, 4.69) is 65.1 Å². The Morgan fingerprint density at radius 1 is 0.981 bits per heavy atom. The van der Waals surface area contributed by atoms with Crippen molar-refractivity contribution in [2.24, 2.45) is 0 Å². The van der Waals surface area contributed by atoms with Gasteiger partial charge < -0.3 is 29.1 Å². The van der Waals surface area contributed by atoms with Crippen LogP contribution in [0.3, 0.4) is 0 Å². The molecule has 2 aliphatic heterocycles. The number of aliphatic hydroxyl groups is 1. The molecular formula is C38H60BrFN6O5Si2. The number of carbonyl (C=O) groups excluding carboxylic acids is 1. The molecule has 1 amide bonds. The van der Waals surface area contributed by atoms with Crippen LogP contribution in [0.25, 0.3) is 16.8 Å². The number of hydrogen-bond donors (Lipinski definition) is 1. The number of anilines is 1. The minimum atomic E-state index is -1.44. The van der Waals surface area contributed by atoms with Gasteiger partial charge in [-0.05, 0) is 94.4 Å². The number of hydrogen-bond acceptors (Lipinski definition) is 9. The molecule has 1 N–H and O–H groups in total. The number of ether oxygens (including phenoxy) is 3. The van der Waals surface area contributed by atoms with E-state index >= 15 is 4.39 Å². The first-order chi connectivity index (χ1) is 24.5. The van der Waals surface area contributed by atoms with Gasteiger partial charge in [-0.3, -0.25) is 4.98 Å². The molecule has 3 aromatic rings. The van der Waals surface area contributed by atoms with E-state index in [0.717, 1.165) is 53.8 Å². The maximum Gasteiger partial charge on any atom is 0.410 e. The van der Waals surface area contributed by atoms with Gasteiger partial charge in [-0.1, -0.05) is 39.3 Å². The summed E-state index contributed by atoms with van der Waals surface area (Å²) in [5, 5.41) is 15.3. The van der Waals surface area contributed by atoms with Crippen LogP contribution in [0.5, 0.6) is 0 Å². The normalized spacial score (nSPS) is 19.7. The Hall–Kier alpha value is -2.44. The summed E-state index contributed by atoms with van der Waals surface area (Å²) in [4.78, 5) is 27.0. The van der Waals surface area contributed by atoms with E-state index < -0.39 is 33.2 Å². The third-order valence-electron chi connectivity index (χ3n) is 9.83. The molecule has 1 unspecified atom stereocenters. The number of nitrogens with zero attached hydrogens (tertiary/aromatic N) is 6. The van der Waals surface area contributed by atoms with E-state index in [4.69, 9.17) is 24.3 Å². The standard InChI is InChI=1S/C38H60BrFN6O5Si2/c1-37(2,3)51-36(47)45-27-12-13-28(45)19-25(18-27)32-31(39)35(44(23-49-14-16-52(6,7)8)24-50-15-17-53(9,10)11)46-34(43-32)29(22-42-46)26-20-30(40)33(41-21-26)38(4,5)48/h20-22,25,27-28,48H,12-19,23-24H2,1-11H3/t25?,27-,28+. The monoisotopic (exact) mass is 834 g/mol. The summed E-state index contributed by atoms with van der Waals surface area (Å²) in [6, 6.07) is 3.51. The van der Waals surface area contributed by atoms with Crippen LogP contribution in [-0.2, 0) is 19.8 Å². The first-order valence-electron chi connectivity index (χ1n) is 18.9. The molecule has 5 heterocycles. The highest BCUT2D eigenvalue weighted by atomic mass is 79.9. The van der Waals surface area contributed by atoms with Gasteiger partial charge in [-0.25, -0.2) is 14.2 Å². The van der Waals surface area contributed by atoms with Crippen molar-refractivity contribution in [3.8, 4) is 11.1 Å². The molecule has 294 valence electrons. The number of halogens is 2. The van der Waals surface area contributed by atoms with Crippen molar-refractivity contribution >= 4 is 49.6 Å². The maximum atomic E-state index is 15.4. The van der Waals surface area contributed by atoms with Crippen LogP contribution in [0.2, 0.25) is 51.4 Å². The van der Waals surface area contributed by atoms with Gasteiger partial charge in [0.25, 0.3) is 0 Å². The summed E-state index contributed by atoms with van der Waals surface area (Å²) in [5.74, 6) is 0.161. The lowest BCUT2D eigenvalue weighted by Crippen LogP contribution is -2.48. The molecule has 11 nitrogen and oxygen atoms in total. The van der Waals surface area contributed by atoms with E-state index in [0.29, 0.717) is 30.0 Å². The molecule has 2 aliphatic rings. The van der Waals surface area contributed by atoms with Gasteiger partial charge in [0, 0.05) is 64.7 Å². The Morgan fingerprint density at radius 2 is 1.55 bits per heavy atom. The van der Waals surface area contributed by atoms with Crippen molar-refractivity contribution in [1.82, 2.24) is 24.5 Å². The lowest BCUT2D eigenvalue weighted by atomic mass is 9.88. The lowest BCUT2D eigenvalue weighted by Gasteiger charge is -2.39. The van der Waals surface area contributed by atoms with E-state index in [9.17, 15) is 9.90 Å². The number of rotatable bonds is 14. The average Bonchev–Trinajstić information content (AvgIpc) is 3.55. The lowest BCUT2D eigenvalue weighted by molar-refractivity contribution is 0.00565. The predicted molar refractivity (Wildman–Crippen MR) is 216 cm³/mol. The molecule has 0 radical (unpaired) electrons. The SMILES string of the molecule is CC(C)(C)OC(=O)N1[C@@H]2CC[C@H]1CC(c1nc3c(-c4cnc(C(C)(C)O)c(F)c4)cnn3c(N(COCC[Si](C)(C)C)COCC[Si](C)(C)C)c1Br)C2. The first-order valence-corrected chi connectivity index (χ1v) is 27.1. The van der Waals surface area contributed by atoms with Crippen LogP contribution in [0.4, 0.5) is 15.0 Å². The molecule has 2 saturated heterocycles. The summed E-state index contributed by atoms with van der Waals surface area (Å²) in [6.45, 7) is 24.6. The summed E-state index contributed by atoms with van der Waals surface area (Å²) in [6.07, 6.45) is 6.27. The smallest absolute Gasteiger partial charge is 0.410 e. The highest BCUT2D eigenvalue weighted by molar-refractivity contribution is 9.10. The molecule has 15 heteroatoms. The quantitative estimate of drug-likeness (QED) is 0.0966. The van der Waals surface area contributed by atoms with E-state index in [1.165, 1.54) is 19.9 Å². The second-order valence-corrected chi connectivity index (χ2v) is 30.8. The number of carbonyl (C=O) groups is 1. The van der Waals surface area contributed by atoms with Gasteiger partial charge in [-0.2, -0.15) is 9.61 Å². The molecule has 53 heavy (non-hydrogen) atoms. The largest absolute Gasteiger partial charge is 0.444 e. The molecule has 2 fully saturated rings. The van der Waals surface area contributed by atoms with Gasteiger partial charge in [0.05, 0.1) is 16.4 Å². The van der Waals surface area contributed by atoms with Crippen molar-refractivity contribution in [1.29, 1.82) is 0 Å². The van der Waals surface area contributed by atoms with Crippen LogP contribution >= 0.6 is 15.9 Å². The zero-order chi connectivity index (χ0) is 39.1. The maximum absolute atomic E-state index is 15.4. The zero-order valence-corrected chi connectivity index (χ0v) is 37.1. The van der Waals surface area contributed by atoms with E-state index in [-0.39, 0.29) is 43.3 Å². The third-order valence-corrected chi connectivity index (χ3v) is 14.0. The van der Waals surface area contributed by atoms with Crippen LogP contribution in [0, 0.1) is 5.82 Å². The topological polar surface area (TPSA) is 115 Å². The Morgan fingerprint density at radius 3 is 2.04 bits per heavy atom. The summed E-state index contributed by atoms with van der Waals surface area (Å²) in [5.41, 5.74) is 0.472. The second-order valence-electron chi connectivity index (χ2n) is 18.7. The molecule has 3 atom stereocenters. The van der Waals surface area contributed by atoms with Gasteiger partial charge >= 0.3 is 6.09 Å². The number of piperidine rings is 1. The fraction of sp³-hybridized carbons (Fsp3) is 0.684. The van der Waals surface area contributed by atoms with Crippen molar-refractivity contribution in [2.45, 2.75) is 141 Å². The molecule has 2 bridgehead atoms. The van der Waals surface area contributed by atoms with Gasteiger partial charge in [0.1, 0.15) is 36.2 Å². The highest BCUT2D eigenvalue weighted by Gasteiger charge is 2.46. The summed E-state index contributed by atoms with van der Waals surface area (Å²) >= 11 is 4.00. The average molecular weight is 836 g/mol. The first kappa shape index (κ1) is 41.7. The van der Waals surface area contributed by atoms with Crippen molar-refractivity contribution in [3.63, 3.8) is 0 Å². The van der Waals surface area contributed by atoms with Crippen LogP contribution in [0.1, 0.15) is 77.6 Å². The number of aromatic nitrogens is 4. The Bertz CT molecular complexity index is 1730. The highest BCUT2D eigenvalue weighted by Crippen LogP contribution is 2.47. The van der Waals surface area contributed by atoms with Crippen molar-refractivity contribution in [3.05, 3.63) is 40.1 Å². The molecule has 5 rings (SSSR count). The third kappa shape index (κ3) is 10.5. The number of pyridine rings is 1. The molecular weight excluding hydrogens is 776 g/mol. The molecule has 3 aromatic heterocycles. The van der Waals surface area contributed by atoms with Gasteiger partial charge in [0.2, 0.25) is 0 Å². The van der Waals surface area contributed by atoms with Crippen molar-refractivity contribution in [2.75, 3.05) is 31.6 Å². The van der Waals surface area contributed by atoms with Crippen LogP contribution < -0.4 is 4.90 Å². The summed E-state index contributed by atoms with van der Waals surface area (Å²) in [7, 11) is -2.66. The number of fused-ring (bicyclic) bond motifs is 3. The summed E-state index contributed by atoms with van der Waals surface area (Å²) < 4.78 is 36.5. The Labute approximate surface area is 325 Å². The molecule has 0 aliphatic carbocycles. The molecule has 0 saturated carbocycles. The number of amides is 1. The Kier molecular flexibility index (Phi) is 12.6. The fourth-order valence-electron chi connectivity index (χ4n) is 7.04. The Balaban J connectivity index is 1.59. The van der Waals surface area contributed by atoms with Gasteiger partial charge in [0.15, 0.2) is 11.5 Å². The van der Waals surface area contributed by atoms with E-state index in [1.807, 2.05) is 25.7 Å².